The molecule has 0 aliphatic heterocycles. The first-order valence-corrected chi connectivity index (χ1v) is 11.4. The molecule has 0 N–H and O–H groups in total. The second-order valence-corrected chi connectivity index (χ2v) is 10.3. The zero-order valence-electron chi connectivity index (χ0n) is 15.3. The van der Waals surface area contributed by atoms with Crippen LogP contribution in [0.5, 0.6) is 0 Å². The summed E-state index contributed by atoms with van der Waals surface area (Å²) in [6.45, 7) is 9.00. The quantitative estimate of drug-likeness (QED) is 0.320. The maximum absolute atomic E-state index is 4.63. The first-order chi connectivity index (χ1) is 12.5. The molecule has 3 aromatic heterocycles. The molecule has 1 aromatic carbocycles. The average molecular weight is 397 g/mol. The van der Waals surface area contributed by atoms with Crippen molar-refractivity contribution in [3.63, 3.8) is 0 Å². The van der Waals surface area contributed by atoms with Crippen molar-refractivity contribution in [1.82, 2.24) is 8.75 Å². The van der Waals surface area contributed by atoms with Gasteiger partial charge in [0.15, 0.2) is 0 Å². The lowest BCUT2D eigenvalue weighted by molar-refractivity contribution is 0.874. The third-order valence-electron chi connectivity index (χ3n) is 5.13. The van der Waals surface area contributed by atoms with E-state index >= 15 is 0 Å². The summed E-state index contributed by atoms with van der Waals surface area (Å²) in [5, 5.41) is 0. The Labute approximate surface area is 165 Å². The molecule has 0 atom stereocenters. The van der Waals surface area contributed by atoms with Gasteiger partial charge >= 0.3 is 0 Å². The zero-order valence-corrected chi connectivity index (χ0v) is 17.7. The number of thiophene rings is 2. The second kappa shape index (κ2) is 5.98. The highest BCUT2D eigenvalue weighted by Gasteiger charge is 2.26. The lowest BCUT2D eigenvalue weighted by Gasteiger charge is -2.07. The van der Waals surface area contributed by atoms with Crippen LogP contribution in [-0.2, 0) is 6.42 Å². The Morgan fingerprint density at radius 3 is 2.35 bits per heavy atom. The molecule has 0 unspecified atom stereocenters. The van der Waals surface area contributed by atoms with Gasteiger partial charge < -0.3 is 0 Å². The van der Waals surface area contributed by atoms with E-state index in [1.165, 1.54) is 53.5 Å². The molecule has 3 heterocycles. The minimum Gasteiger partial charge on any atom is -0.173 e. The molecule has 26 heavy (non-hydrogen) atoms. The number of nitrogens with zero attached hydrogens (tertiary/aromatic N) is 2. The van der Waals surface area contributed by atoms with E-state index in [2.05, 4.69) is 60.7 Å². The maximum atomic E-state index is 4.63. The summed E-state index contributed by atoms with van der Waals surface area (Å²) in [4.78, 5) is 5.79. The Morgan fingerprint density at radius 2 is 1.58 bits per heavy atom. The zero-order chi connectivity index (χ0) is 18.0. The average Bonchev–Trinajstić information content (AvgIpc) is 3.33. The Kier molecular flexibility index (Phi) is 3.82. The topological polar surface area (TPSA) is 25.8 Å². The van der Waals surface area contributed by atoms with E-state index < -0.39 is 0 Å². The molecule has 4 aromatic rings. The minimum atomic E-state index is 0.465. The van der Waals surface area contributed by atoms with Crippen molar-refractivity contribution < 1.29 is 0 Å². The van der Waals surface area contributed by atoms with Gasteiger partial charge in [0, 0.05) is 31.5 Å². The molecule has 0 amide bonds. The fourth-order valence-corrected chi connectivity index (χ4v) is 6.87. The van der Waals surface area contributed by atoms with E-state index in [9.17, 15) is 0 Å². The fourth-order valence-electron chi connectivity index (χ4n) is 3.70. The molecule has 2 nitrogen and oxygen atoms in total. The van der Waals surface area contributed by atoms with Crippen LogP contribution in [0.2, 0.25) is 0 Å². The number of benzene rings is 1. The van der Waals surface area contributed by atoms with Crippen molar-refractivity contribution in [1.29, 1.82) is 0 Å². The van der Waals surface area contributed by atoms with Crippen LogP contribution in [0.3, 0.4) is 0 Å². The van der Waals surface area contributed by atoms with E-state index in [0.29, 0.717) is 11.8 Å². The monoisotopic (exact) mass is 396 g/mol. The first-order valence-electron chi connectivity index (χ1n) is 9.04. The molecule has 0 saturated carbocycles. The SMILES string of the molecule is CC(C)c1cc2c(s1)-c1sc(-c3ccc(C(C)C)c4nsnc34)cc1C2. The predicted molar refractivity (Wildman–Crippen MR) is 115 cm³/mol. The van der Waals surface area contributed by atoms with Crippen LogP contribution >= 0.6 is 34.4 Å². The number of fused-ring (bicyclic) bond motifs is 4. The van der Waals surface area contributed by atoms with Crippen molar-refractivity contribution in [3.05, 3.63) is 45.8 Å². The summed E-state index contributed by atoms with van der Waals surface area (Å²) in [5.74, 6) is 1.07. The summed E-state index contributed by atoms with van der Waals surface area (Å²) < 4.78 is 9.22. The van der Waals surface area contributed by atoms with Crippen LogP contribution in [0.25, 0.3) is 31.2 Å². The summed E-state index contributed by atoms with van der Waals surface area (Å²) >= 11 is 5.23. The Hall–Kier alpha value is -1.56. The molecular weight excluding hydrogens is 376 g/mol. The van der Waals surface area contributed by atoms with Gasteiger partial charge in [-0.25, -0.2) is 0 Å². The Morgan fingerprint density at radius 1 is 0.846 bits per heavy atom. The van der Waals surface area contributed by atoms with Crippen LogP contribution in [0.4, 0.5) is 0 Å². The number of rotatable bonds is 3. The van der Waals surface area contributed by atoms with Gasteiger partial charge in [-0.2, -0.15) is 8.75 Å². The molecule has 1 aliphatic carbocycles. The van der Waals surface area contributed by atoms with Gasteiger partial charge in [0.05, 0.1) is 11.7 Å². The highest BCUT2D eigenvalue weighted by molar-refractivity contribution is 7.24. The van der Waals surface area contributed by atoms with Gasteiger partial charge in [0.1, 0.15) is 11.0 Å². The lowest BCUT2D eigenvalue weighted by Crippen LogP contribution is -1.90. The molecule has 0 fully saturated rings. The first kappa shape index (κ1) is 16.6. The molecular formula is C21H20N2S3. The van der Waals surface area contributed by atoms with E-state index in [1.54, 1.807) is 0 Å². The third kappa shape index (κ3) is 2.41. The summed E-state index contributed by atoms with van der Waals surface area (Å²) in [6, 6.07) is 9.28. The van der Waals surface area contributed by atoms with Crippen molar-refractivity contribution in [2.24, 2.45) is 0 Å². The summed E-state index contributed by atoms with van der Waals surface area (Å²) in [5.41, 5.74) is 7.67. The molecule has 0 spiro atoms. The van der Waals surface area contributed by atoms with Crippen molar-refractivity contribution in [2.75, 3.05) is 0 Å². The smallest absolute Gasteiger partial charge is 0.113 e. The standard InChI is InChI=1S/C21H20N2S3/c1-10(2)14-5-6-15(19-18(14)22-26-23-19)17-9-13-7-12-8-16(11(3)4)24-20(12)21(13)25-17/h5-6,8-11H,7H2,1-4H3. The van der Waals surface area contributed by atoms with E-state index in [1.807, 2.05) is 22.7 Å². The molecule has 5 rings (SSSR count). The fraction of sp³-hybridized carbons (Fsp3) is 0.333. The number of aromatic nitrogens is 2. The largest absolute Gasteiger partial charge is 0.173 e. The summed E-state index contributed by atoms with van der Waals surface area (Å²) in [6.07, 6.45) is 1.08. The minimum absolute atomic E-state index is 0.465. The van der Waals surface area contributed by atoms with Crippen LogP contribution in [0, 0.1) is 0 Å². The Bertz CT molecular complexity index is 1130. The normalized spacial score (nSPS) is 13.2. The van der Waals surface area contributed by atoms with Gasteiger partial charge in [-0.3, -0.25) is 0 Å². The van der Waals surface area contributed by atoms with Crippen LogP contribution in [0.15, 0.2) is 24.3 Å². The maximum Gasteiger partial charge on any atom is 0.113 e. The van der Waals surface area contributed by atoms with E-state index in [0.717, 1.165) is 17.5 Å². The molecule has 132 valence electrons. The molecule has 5 heteroatoms. The summed E-state index contributed by atoms with van der Waals surface area (Å²) in [7, 11) is 0. The van der Waals surface area contributed by atoms with Crippen LogP contribution in [-0.4, -0.2) is 8.75 Å². The van der Waals surface area contributed by atoms with Crippen molar-refractivity contribution >= 4 is 45.4 Å². The second-order valence-electron chi connectivity index (χ2n) is 7.62. The van der Waals surface area contributed by atoms with Gasteiger partial charge in [-0.05, 0) is 40.7 Å². The lowest BCUT2D eigenvalue weighted by atomic mass is 9.98. The number of hydrogen-bond acceptors (Lipinski definition) is 5. The van der Waals surface area contributed by atoms with E-state index in [-0.39, 0.29) is 0 Å². The Balaban J connectivity index is 1.63. The van der Waals surface area contributed by atoms with Crippen molar-refractivity contribution in [3.8, 4) is 20.2 Å². The van der Waals surface area contributed by atoms with Crippen LogP contribution in [0.1, 0.15) is 61.1 Å². The predicted octanol–water partition coefficient (Wildman–Crippen LogP) is 7.30. The van der Waals surface area contributed by atoms with Gasteiger partial charge in [-0.1, -0.05) is 39.8 Å². The third-order valence-corrected chi connectivity index (χ3v) is 8.51. The molecule has 0 bridgehead atoms. The number of hydrogen-bond donors (Lipinski definition) is 0. The van der Waals surface area contributed by atoms with Crippen molar-refractivity contribution in [2.45, 2.75) is 46.0 Å². The van der Waals surface area contributed by atoms with Gasteiger partial charge in [0.2, 0.25) is 0 Å². The highest BCUT2D eigenvalue weighted by Crippen LogP contribution is 2.50. The highest BCUT2D eigenvalue weighted by atomic mass is 32.1. The molecule has 1 aliphatic rings. The van der Waals surface area contributed by atoms with Crippen LogP contribution < -0.4 is 0 Å². The van der Waals surface area contributed by atoms with E-state index in [4.69, 9.17) is 0 Å². The van der Waals surface area contributed by atoms with Gasteiger partial charge in [-0.15, -0.1) is 22.7 Å². The van der Waals surface area contributed by atoms with Gasteiger partial charge in [0.25, 0.3) is 0 Å². The molecule has 0 radical (unpaired) electrons. The molecule has 0 saturated heterocycles.